The topological polar surface area (TPSA) is 9.23 Å². The summed E-state index contributed by atoms with van der Waals surface area (Å²) in [5.41, 5.74) is 0. The zero-order chi connectivity index (χ0) is 9.52. The number of hydrogen-bond acceptors (Lipinski definition) is 1. The maximum Gasteiger partial charge on any atom is 0.0604 e. The van der Waals surface area contributed by atoms with E-state index in [4.69, 9.17) is 4.74 Å². The first kappa shape index (κ1) is 11.0. The predicted octanol–water partition coefficient (Wildman–Crippen LogP) is 3.59. The lowest BCUT2D eigenvalue weighted by Gasteiger charge is -2.27. The van der Waals surface area contributed by atoms with Crippen molar-refractivity contribution >= 4 is 0 Å². The fourth-order valence-electron chi connectivity index (χ4n) is 2.02. The highest BCUT2D eigenvalue weighted by Gasteiger charge is 2.20. The molecule has 1 aliphatic carbocycles. The summed E-state index contributed by atoms with van der Waals surface area (Å²) in [5.74, 6) is 0.741. The summed E-state index contributed by atoms with van der Waals surface area (Å²) in [5, 5.41) is 0. The largest absolute Gasteiger partial charge is 0.378 e. The first-order chi connectivity index (χ1) is 6.34. The van der Waals surface area contributed by atoms with Gasteiger partial charge in [0, 0.05) is 6.61 Å². The van der Waals surface area contributed by atoms with E-state index in [1.54, 1.807) is 0 Å². The minimum absolute atomic E-state index is 0.256. The SMILES string of the molecule is [CH2]C(OCCCC)C1CCCCC1. The van der Waals surface area contributed by atoms with E-state index in [2.05, 4.69) is 13.8 Å². The van der Waals surface area contributed by atoms with Crippen molar-refractivity contribution in [1.29, 1.82) is 0 Å². The van der Waals surface area contributed by atoms with Gasteiger partial charge in [0.05, 0.1) is 6.10 Å². The van der Waals surface area contributed by atoms with E-state index >= 15 is 0 Å². The van der Waals surface area contributed by atoms with Crippen LogP contribution in [0.25, 0.3) is 0 Å². The molecule has 1 heteroatoms. The van der Waals surface area contributed by atoms with Crippen LogP contribution in [0.2, 0.25) is 0 Å². The lowest BCUT2D eigenvalue weighted by molar-refractivity contribution is 0.0285. The molecule has 1 aliphatic rings. The average Bonchev–Trinajstić information content (AvgIpc) is 2.19. The second kappa shape index (κ2) is 6.42. The highest BCUT2D eigenvalue weighted by Crippen LogP contribution is 2.27. The minimum atomic E-state index is 0.256. The van der Waals surface area contributed by atoms with E-state index < -0.39 is 0 Å². The maximum absolute atomic E-state index is 5.71. The quantitative estimate of drug-likeness (QED) is 0.592. The van der Waals surface area contributed by atoms with Crippen molar-refractivity contribution in [3.05, 3.63) is 6.92 Å². The molecule has 0 N–H and O–H groups in total. The van der Waals surface area contributed by atoms with Crippen molar-refractivity contribution in [3.63, 3.8) is 0 Å². The van der Waals surface area contributed by atoms with Crippen LogP contribution in [0.3, 0.4) is 0 Å². The van der Waals surface area contributed by atoms with Crippen molar-refractivity contribution in [1.82, 2.24) is 0 Å². The second-order valence-electron chi connectivity index (χ2n) is 4.16. The third kappa shape index (κ3) is 4.12. The van der Waals surface area contributed by atoms with Gasteiger partial charge in [-0.05, 0) is 32.1 Å². The lowest BCUT2D eigenvalue weighted by Crippen LogP contribution is -2.23. The first-order valence-corrected chi connectivity index (χ1v) is 5.79. The Morgan fingerprint density at radius 3 is 2.62 bits per heavy atom. The molecule has 0 aliphatic heterocycles. The second-order valence-corrected chi connectivity index (χ2v) is 4.16. The van der Waals surface area contributed by atoms with Crippen LogP contribution in [0.4, 0.5) is 0 Å². The molecule has 1 unspecified atom stereocenters. The monoisotopic (exact) mass is 183 g/mol. The van der Waals surface area contributed by atoms with Crippen LogP contribution >= 0.6 is 0 Å². The first-order valence-electron chi connectivity index (χ1n) is 5.79. The molecule has 1 radical (unpaired) electrons. The molecular formula is C12H23O. The zero-order valence-electron chi connectivity index (χ0n) is 8.93. The standard InChI is InChI=1S/C12H23O/c1-3-4-10-13-11(2)12-8-6-5-7-9-12/h11-12H,2-10H2,1H3. The Labute approximate surface area is 82.9 Å². The molecule has 1 saturated carbocycles. The highest BCUT2D eigenvalue weighted by atomic mass is 16.5. The molecule has 1 rings (SSSR count). The summed E-state index contributed by atoms with van der Waals surface area (Å²) < 4.78 is 5.71. The third-order valence-electron chi connectivity index (χ3n) is 3.01. The Hall–Kier alpha value is -0.0400. The summed E-state index contributed by atoms with van der Waals surface area (Å²) >= 11 is 0. The van der Waals surface area contributed by atoms with Gasteiger partial charge in [-0.1, -0.05) is 32.6 Å². The molecule has 0 aromatic carbocycles. The van der Waals surface area contributed by atoms with Crippen LogP contribution in [-0.4, -0.2) is 12.7 Å². The lowest BCUT2D eigenvalue weighted by atomic mass is 9.86. The zero-order valence-corrected chi connectivity index (χ0v) is 8.93. The van der Waals surface area contributed by atoms with Crippen molar-refractivity contribution in [3.8, 4) is 0 Å². The summed E-state index contributed by atoms with van der Waals surface area (Å²) in [4.78, 5) is 0. The fraction of sp³-hybridized carbons (Fsp3) is 0.917. The molecule has 1 atom stereocenters. The van der Waals surface area contributed by atoms with Gasteiger partial charge in [-0.2, -0.15) is 0 Å². The molecule has 0 heterocycles. The van der Waals surface area contributed by atoms with Gasteiger partial charge in [-0.3, -0.25) is 0 Å². The third-order valence-corrected chi connectivity index (χ3v) is 3.01. The molecule has 0 aromatic heterocycles. The number of hydrogen-bond donors (Lipinski definition) is 0. The van der Waals surface area contributed by atoms with Crippen LogP contribution in [0.1, 0.15) is 51.9 Å². The van der Waals surface area contributed by atoms with Gasteiger partial charge in [-0.25, -0.2) is 0 Å². The molecule has 0 saturated heterocycles. The highest BCUT2D eigenvalue weighted by molar-refractivity contribution is 4.75. The van der Waals surface area contributed by atoms with Gasteiger partial charge in [0.15, 0.2) is 0 Å². The molecule has 0 amide bonds. The van der Waals surface area contributed by atoms with Gasteiger partial charge < -0.3 is 4.74 Å². The van der Waals surface area contributed by atoms with Gasteiger partial charge in [0.1, 0.15) is 0 Å². The van der Waals surface area contributed by atoms with Crippen molar-refractivity contribution in [2.24, 2.45) is 5.92 Å². The Bertz CT molecular complexity index is 116. The van der Waals surface area contributed by atoms with Crippen LogP contribution in [0, 0.1) is 12.8 Å². The Morgan fingerprint density at radius 2 is 2.00 bits per heavy atom. The summed E-state index contributed by atoms with van der Waals surface area (Å²) in [6.45, 7) is 7.21. The average molecular weight is 183 g/mol. The normalized spacial score (nSPS) is 21.7. The van der Waals surface area contributed by atoms with Crippen molar-refractivity contribution in [2.45, 2.75) is 58.0 Å². The van der Waals surface area contributed by atoms with E-state index in [0.29, 0.717) is 0 Å². The van der Waals surface area contributed by atoms with Gasteiger partial charge in [-0.15, -0.1) is 0 Å². The van der Waals surface area contributed by atoms with Gasteiger partial charge in [0.2, 0.25) is 0 Å². The molecule has 1 fully saturated rings. The predicted molar refractivity (Wildman–Crippen MR) is 56.6 cm³/mol. The molecule has 0 spiro atoms. The Kier molecular flexibility index (Phi) is 5.45. The van der Waals surface area contributed by atoms with Crippen LogP contribution < -0.4 is 0 Å². The molecule has 0 aromatic rings. The van der Waals surface area contributed by atoms with Crippen molar-refractivity contribution in [2.75, 3.05) is 6.61 Å². The van der Waals surface area contributed by atoms with Gasteiger partial charge in [0.25, 0.3) is 0 Å². The molecule has 1 nitrogen and oxygen atoms in total. The number of ether oxygens (including phenoxy) is 1. The van der Waals surface area contributed by atoms with E-state index in [0.717, 1.165) is 12.5 Å². The Morgan fingerprint density at radius 1 is 1.31 bits per heavy atom. The van der Waals surface area contributed by atoms with E-state index in [-0.39, 0.29) is 6.10 Å². The maximum atomic E-state index is 5.71. The summed E-state index contributed by atoms with van der Waals surface area (Å²) in [6, 6.07) is 0. The fourth-order valence-corrected chi connectivity index (χ4v) is 2.02. The summed E-state index contributed by atoms with van der Waals surface area (Å²) in [7, 11) is 0. The van der Waals surface area contributed by atoms with Crippen LogP contribution in [-0.2, 0) is 4.74 Å². The van der Waals surface area contributed by atoms with Crippen LogP contribution in [0.15, 0.2) is 0 Å². The number of rotatable bonds is 5. The van der Waals surface area contributed by atoms with Crippen LogP contribution in [0.5, 0.6) is 0 Å². The molecular weight excluding hydrogens is 160 g/mol. The van der Waals surface area contributed by atoms with Gasteiger partial charge >= 0.3 is 0 Å². The smallest absolute Gasteiger partial charge is 0.0604 e. The molecule has 77 valence electrons. The van der Waals surface area contributed by atoms with E-state index in [1.165, 1.54) is 44.9 Å². The number of unbranched alkanes of at least 4 members (excludes halogenated alkanes) is 1. The summed E-state index contributed by atoms with van der Waals surface area (Å²) in [6.07, 6.45) is 9.50. The Balaban J connectivity index is 2.09. The minimum Gasteiger partial charge on any atom is -0.378 e. The molecule has 13 heavy (non-hydrogen) atoms. The molecule has 0 bridgehead atoms. The van der Waals surface area contributed by atoms with Crippen molar-refractivity contribution < 1.29 is 4.74 Å². The van der Waals surface area contributed by atoms with E-state index in [9.17, 15) is 0 Å². The van der Waals surface area contributed by atoms with E-state index in [1.807, 2.05) is 0 Å².